The predicted octanol–water partition coefficient (Wildman–Crippen LogP) is 3.28. The Balaban J connectivity index is 1.93. The summed E-state index contributed by atoms with van der Waals surface area (Å²) in [6.07, 6.45) is 8.70. The van der Waals surface area contributed by atoms with Gasteiger partial charge in [0.05, 0.1) is 6.20 Å². The number of hydrogen-bond acceptors (Lipinski definition) is 8. The second kappa shape index (κ2) is 6.63. The fourth-order valence-corrected chi connectivity index (χ4v) is 4.16. The van der Waals surface area contributed by atoms with Crippen molar-refractivity contribution in [3.05, 3.63) is 18.6 Å². The molecule has 3 rings (SSSR count). The van der Waals surface area contributed by atoms with Gasteiger partial charge in [0.15, 0.2) is 14.3 Å². The van der Waals surface area contributed by atoms with Gasteiger partial charge < -0.3 is 9.72 Å². The van der Waals surface area contributed by atoms with Crippen molar-refractivity contribution in [3.63, 3.8) is 0 Å². The van der Waals surface area contributed by atoms with Gasteiger partial charge in [0.2, 0.25) is 0 Å². The minimum absolute atomic E-state index is 0.836. The molecule has 0 fully saturated rings. The number of fused-ring (bicyclic) bond motifs is 1. The van der Waals surface area contributed by atoms with Crippen LogP contribution >= 0.6 is 34.9 Å². The molecule has 0 unspecified atom stereocenters. The van der Waals surface area contributed by atoms with Crippen molar-refractivity contribution in [1.82, 2.24) is 24.6 Å². The van der Waals surface area contributed by atoms with E-state index in [-0.39, 0.29) is 0 Å². The van der Waals surface area contributed by atoms with Crippen LogP contribution in [-0.4, -0.2) is 37.4 Å². The maximum atomic E-state index is 4.64. The normalized spacial score (nSPS) is 11.1. The summed E-state index contributed by atoms with van der Waals surface area (Å²) in [5.41, 5.74) is 0.836. The molecule has 0 aliphatic carbocycles. The smallest absolute Gasteiger partial charge is 0.181 e. The van der Waals surface area contributed by atoms with Crippen LogP contribution in [-0.2, 0) is 0 Å². The highest BCUT2D eigenvalue weighted by atomic mass is 32.2. The van der Waals surface area contributed by atoms with E-state index in [0.29, 0.717) is 0 Å². The van der Waals surface area contributed by atoms with E-state index in [1.54, 1.807) is 29.3 Å². The van der Waals surface area contributed by atoms with Crippen molar-refractivity contribution in [2.24, 2.45) is 0 Å². The van der Waals surface area contributed by atoms with Gasteiger partial charge in [-0.15, -0.1) is 10.2 Å². The number of aromatic nitrogens is 5. The average molecular weight is 338 g/mol. The van der Waals surface area contributed by atoms with Crippen LogP contribution in [0.25, 0.3) is 5.65 Å². The second-order valence-corrected chi connectivity index (χ2v) is 7.42. The highest BCUT2D eigenvalue weighted by Crippen LogP contribution is 2.34. The molecule has 0 saturated heterocycles. The SMILES string of the molecule is CCCNc1cn2ccnc2c(Sc2nnc(SC)s2)n1. The summed E-state index contributed by atoms with van der Waals surface area (Å²) in [6, 6.07) is 0. The van der Waals surface area contributed by atoms with Crippen LogP contribution < -0.4 is 5.32 Å². The van der Waals surface area contributed by atoms with Crippen molar-refractivity contribution >= 4 is 46.3 Å². The van der Waals surface area contributed by atoms with Crippen LogP contribution in [0, 0.1) is 0 Å². The molecule has 110 valence electrons. The highest BCUT2D eigenvalue weighted by Gasteiger charge is 2.12. The Morgan fingerprint density at radius 1 is 1.33 bits per heavy atom. The number of nitrogens with one attached hydrogen (secondary N) is 1. The van der Waals surface area contributed by atoms with Gasteiger partial charge in [-0.1, -0.05) is 30.0 Å². The van der Waals surface area contributed by atoms with Crippen LogP contribution in [0.15, 0.2) is 32.3 Å². The van der Waals surface area contributed by atoms with Gasteiger partial charge in [0, 0.05) is 18.9 Å². The Kier molecular flexibility index (Phi) is 4.61. The van der Waals surface area contributed by atoms with E-state index >= 15 is 0 Å². The van der Waals surface area contributed by atoms with Crippen LogP contribution in [0.2, 0.25) is 0 Å². The minimum Gasteiger partial charge on any atom is -0.369 e. The zero-order valence-electron chi connectivity index (χ0n) is 11.6. The van der Waals surface area contributed by atoms with Crippen molar-refractivity contribution in [3.8, 4) is 0 Å². The summed E-state index contributed by atoms with van der Waals surface area (Å²) in [4.78, 5) is 9.01. The molecule has 0 aliphatic heterocycles. The first-order chi connectivity index (χ1) is 10.3. The summed E-state index contributed by atoms with van der Waals surface area (Å²) in [5, 5.41) is 12.4. The largest absolute Gasteiger partial charge is 0.369 e. The van der Waals surface area contributed by atoms with Gasteiger partial charge in [-0.05, 0) is 24.4 Å². The molecule has 3 aromatic heterocycles. The van der Waals surface area contributed by atoms with Crippen molar-refractivity contribution in [2.75, 3.05) is 18.1 Å². The number of imidazole rings is 1. The molecule has 0 saturated carbocycles. The van der Waals surface area contributed by atoms with E-state index in [2.05, 4.69) is 32.4 Å². The predicted molar refractivity (Wildman–Crippen MR) is 87.6 cm³/mol. The summed E-state index contributed by atoms with van der Waals surface area (Å²) in [7, 11) is 0. The van der Waals surface area contributed by atoms with Crippen LogP contribution in [0.4, 0.5) is 5.82 Å². The lowest BCUT2D eigenvalue weighted by molar-refractivity contribution is 0.938. The lowest BCUT2D eigenvalue weighted by Crippen LogP contribution is -2.04. The van der Waals surface area contributed by atoms with Crippen molar-refractivity contribution < 1.29 is 0 Å². The maximum Gasteiger partial charge on any atom is 0.181 e. The Hall–Kier alpha value is -1.32. The molecule has 9 heteroatoms. The second-order valence-electron chi connectivity index (χ2n) is 4.16. The fourth-order valence-electron chi connectivity index (χ4n) is 1.71. The third-order valence-corrected chi connectivity index (χ3v) is 5.56. The molecule has 21 heavy (non-hydrogen) atoms. The molecule has 0 atom stereocenters. The molecule has 0 amide bonds. The first-order valence-corrected chi connectivity index (χ1v) is 9.29. The number of anilines is 1. The Morgan fingerprint density at radius 3 is 2.95 bits per heavy atom. The van der Waals surface area contributed by atoms with E-state index in [0.717, 1.165) is 38.1 Å². The topological polar surface area (TPSA) is 68.0 Å². The molecule has 0 bridgehead atoms. The third-order valence-electron chi connectivity index (χ3n) is 2.65. The Bertz CT molecular complexity index is 738. The van der Waals surface area contributed by atoms with Gasteiger partial charge in [-0.3, -0.25) is 0 Å². The quantitative estimate of drug-likeness (QED) is 0.692. The molecule has 1 N–H and O–H groups in total. The standard InChI is InChI=1S/C12H14N6S3/c1-3-4-13-8-7-18-6-5-14-9(18)10(15-8)20-12-17-16-11(19-2)21-12/h5-7,13H,3-4H2,1-2H3. The monoisotopic (exact) mass is 338 g/mol. The molecule has 0 radical (unpaired) electrons. The number of nitrogens with zero attached hydrogens (tertiary/aromatic N) is 5. The van der Waals surface area contributed by atoms with Gasteiger partial charge in [-0.25, -0.2) is 9.97 Å². The van der Waals surface area contributed by atoms with Gasteiger partial charge >= 0.3 is 0 Å². The third kappa shape index (κ3) is 3.30. The first-order valence-electron chi connectivity index (χ1n) is 6.43. The first kappa shape index (κ1) is 14.6. The van der Waals surface area contributed by atoms with E-state index in [4.69, 9.17) is 0 Å². The van der Waals surface area contributed by atoms with Gasteiger partial charge in [0.25, 0.3) is 0 Å². The number of hydrogen-bond donors (Lipinski definition) is 1. The minimum atomic E-state index is 0.836. The molecule has 0 spiro atoms. The lowest BCUT2D eigenvalue weighted by atomic mass is 10.5. The molecule has 3 aromatic rings. The molecule has 0 aromatic carbocycles. The number of thioether (sulfide) groups is 1. The molecule has 0 aliphatic rings. The van der Waals surface area contributed by atoms with E-state index in [9.17, 15) is 0 Å². The summed E-state index contributed by atoms with van der Waals surface area (Å²) in [6.45, 7) is 3.02. The van der Waals surface area contributed by atoms with Crippen LogP contribution in [0.1, 0.15) is 13.3 Å². The van der Waals surface area contributed by atoms with Crippen LogP contribution in [0.3, 0.4) is 0 Å². The maximum absolute atomic E-state index is 4.64. The van der Waals surface area contributed by atoms with Crippen molar-refractivity contribution in [1.29, 1.82) is 0 Å². The zero-order chi connectivity index (χ0) is 14.7. The van der Waals surface area contributed by atoms with E-state index in [1.165, 1.54) is 11.8 Å². The van der Waals surface area contributed by atoms with E-state index in [1.807, 2.05) is 23.1 Å². The zero-order valence-corrected chi connectivity index (χ0v) is 14.1. The molecular formula is C12H14N6S3. The van der Waals surface area contributed by atoms with Crippen molar-refractivity contribution in [2.45, 2.75) is 27.0 Å². The van der Waals surface area contributed by atoms with Gasteiger partial charge in [-0.2, -0.15) is 0 Å². The van der Waals surface area contributed by atoms with E-state index < -0.39 is 0 Å². The molecule has 6 nitrogen and oxygen atoms in total. The lowest BCUT2D eigenvalue weighted by Gasteiger charge is -2.07. The number of rotatable bonds is 6. The summed E-state index contributed by atoms with van der Waals surface area (Å²) >= 11 is 4.67. The molecule has 3 heterocycles. The van der Waals surface area contributed by atoms with Crippen LogP contribution in [0.5, 0.6) is 0 Å². The Morgan fingerprint density at radius 2 is 2.19 bits per heavy atom. The highest BCUT2D eigenvalue weighted by molar-refractivity contribution is 8.03. The fraction of sp³-hybridized carbons (Fsp3) is 0.333. The summed E-state index contributed by atoms with van der Waals surface area (Å²) < 4.78 is 3.81. The average Bonchev–Trinajstić information content (AvgIpc) is 3.13. The van der Waals surface area contributed by atoms with Gasteiger partial charge in [0.1, 0.15) is 10.8 Å². The molecular weight excluding hydrogens is 324 g/mol. The Labute approximate surface area is 134 Å². The summed E-state index contributed by atoms with van der Waals surface area (Å²) in [5.74, 6) is 0.847.